The van der Waals surface area contributed by atoms with Gasteiger partial charge in [-0.15, -0.1) is 0 Å². The van der Waals surface area contributed by atoms with E-state index in [9.17, 15) is 14.9 Å². The van der Waals surface area contributed by atoms with Crippen molar-refractivity contribution in [2.24, 2.45) is 0 Å². The summed E-state index contributed by atoms with van der Waals surface area (Å²) in [5.41, 5.74) is -0.260. The number of ether oxygens (including phenoxy) is 3. The molecule has 12 heteroatoms. The summed E-state index contributed by atoms with van der Waals surface area (Å²) in [4.78, 5) is 33.0. The summed E-state index contributed by atoms with van der Waals surface area (Å²) >= 11 is 0. The van der Waals surface area contributed by atoms with Crippen molar-refractivity contribution in [3.63, 3.8) is 0 Å². The number of H-pyrrole nitrogens is 1. The first-order valence-corrected chi connectivity index (χ1v) is 17.7. The maximum atomic E-state index is 13.7. The highest BCUT2D eigenvalue weighted by Crippen LogP contribution is 2.57. The Labute approximate surface area is 301 Å². The Morgan fingerprint density at radius 3 is 2.06 bits per heavy atom. The molecule has 11 nitrogen and oxygen atoms in total. The number of nitriles is 1. The Bertz CT molecular complexity index is 1900. The Kier molecular flexibility index (Phi) is 10.7. The van der Waals surface area contributed by atoms with Gasteiger partial charge in [-0.05, 0) is 56.5 Å². The predicted molar refractivity (Wildman–Crippen MR) is 197 cm³/mol. The minimum Gasteiger partial charge on any atom is -0.497 e. The molecule has 5 atom stereocenters. The number of hydrogen-bond acceptors (Lipinski definition) is 9. The molecule has 4 aromatic rings. The fourth-order valence-corrected chi connectivity index (χ4v) is 8.75. The first-order chi connectivity index (χ1) is 24.6. The van der Waals surface area contributed by atoms with Gasteiger partial charge in [0.15, 0.2) is 5.72 Å². The van der Waals surface area contributed by atoms with Crippen LogP contribution in [0.5, 0.6) is 5.75 Å². The monoisotopic (exact) mass is 711 g/mol. The third kappa shape index (κ3) is 6.24. The van der Waals surface area contributed by atoms with Gasteiger partial charge in [0.25, 0.3) is 11.5 Å². The molecule has 0 aliphatic carbocycles. The number of hydrogen-bond donors (Lipinski definition) is 1. The molecule has 5 unspecified atom stereocenters. The summed E-state index contributed by atoms with van der Waals surface area (Å²) < 4.78 is 27.4. The normalized spacial score (nSPS) is 21.6. The van der Waals surface area contributed by atoms with Crippen LogP contribution in [0, 0.1) is 11.3 Å². The van der Waals surface area contributed by atoms with Crippen molar-refractivity contribution in [1.82, 2.24) is 19.4 Å². The number of aromatic amines is 1. The van der Waals surface area contributed by atoms with E-state index in [-0.39, 0.29) is 31.7 Å². The van der Waals surface area contributed by atoms with Gasteiger partial charge in [0.2, 0.25) is 0 Å². The fraction of sp³-hybridized carbons (Fsp3) is 0.410. The summed E-state index contributed by atoms with van der Waals surface area (Å²) in [5, 5.41) is 9.57. The van der Waals surface area contributed by atoms with Crippen LogP contribution in [0.25, 0.3) is 0 Å². The minimum absolute atomic E-state index is 0.0786. The van der Waals surface area contributed by atoms with Crippen molar-refractivity contribution in [2.75, 3.05) is 20.3 Å². The van der Waals surface area contributed by atoms with E-state index in [1.165, 1.54) is 16.8 Å². The van der Waals surface area contributed by atoms with Gasteiger partial charge >= 0.3 is 5.69 Å². The SMILES string of the molecule is COc1ccc(C(c2ccccc2)(c2ccccc2)N2CC3(n4ccc(=O)[nH]c4=O)CC2C(C(OP)(OCCC#N)N(C(C)C)C(C)C)O3)cc1. The fourth-order valence-electron chi connectivity index (χ4n) is 8.42. The third-order valence-electron chi connectivity index (χ3n) is 10.2. The summed E-state index contributed by atoms with van der Waals surface area (Å²) in [6.07, 6.45) is 1.18. The summed E-state index contributed by atoms with van der Waals surface area (Å²) in [7, 11) is 4.04. The van der Waals surface area contributed by atoms with Crippen LogP contribution in [0.3, 0.4) is 0 Å². The molecule has 1 N–H and O–H groups in total. The first-order valence-electron chi connectivity index (χ1n) is 17.3. The quantitative estimate of drug-likeness (QED) is 0.0817. The Morgan fingerprint density at radius 1 is 0.961 bits per heavy atom. The van der Waals surface area contributed by atoms with Gasteiger partial charge in [-0.1, -0.05) is 72.8 Å². The second-order valence-electron chi connectivity index (χ2n) is 13.6. The van der Waals surface area contributed by atoms with Crippen LogP contribution in [0.2, 0.25) is 0 Å². The average Bonchev–Trinajstić information content (AvgIpc) is 3.70. The van der Waals surface area contributed by atoms with Crippen molar-refractivity contribution in [3.8, 4) is 11.8 Å². The zero-order chi connectivity index (χ0) is 36.4. The maximum Gasteiger partial charge on any atom is 0.330 e. The molecule has 2 saturated heterocycles. The molecule has 51 heavy (non-hydrogen) atoms. The maximum absolute atomic E-state index is 13.7. The topological polar surface area (TPSA) is 122 Å². The van der Waals surface area contributed by atoms with Gasteiger partial charge in [0.05, 0.1) is 31.7 Å². The lowest BCUT2D eigenvalue weighted by Crippen LogP contribution is -2.71. The van der Waals surface area contributed by atoms with Crippen molar-refractivity contribution >= 4 is 9.47 Å². The highest BCUT2D eigenvalue weighted by Gasteiger charge is 2.69. The van der Waals surface area contributed by atoms with Crippen LogP contribution in [-0.2, 0) is 25.3 Å². The van der Waals surface area contributed by atoms with Crippen molar-refractivity contribution < 1.29 is 18.7 Å². The van der Waals surface area contributed by atoms with Crippen molar-refractivity contribution in [2.45, 2.75) is 81.9 Å². The lowest BCUT2D eigenvalue weighted by atomic mass is 9.74. The molecule has 3 heterocycles. The lowest BCUT2D eigenvalue weighted by Gasteiger charge is -2.56. The van der Waals surface area contributed by atoms with Crippen LogP contribution < -0.4 is 16.0 Å². The Balaban J connectivity index is 1.68. The number of morpholine rings is 1. The van der Waals surface area contributed by atoms with E-state index < -0.39 is 40.6 Å². The van der Waals surface area contributed by atoms with Crippen molar-refractivity contribution in [3.05, 3.63) is 135 Å². The van der Waals surface area contributed by atoms with E-state index in [1.54, 1.807) is 7.11 Å². The number of rotatable bonds is 14. The standard InChI is InChI=1S/C39H46N5O6P/c1-27(2)44(28(3)4)39(50-51,48-24-12-22-40)35-33-25-37(49-35,42-23-21-34(45)41-36(42)46)26-43(33)38(29-13-8-6-9-14-29,30-15-10-7-11-16-30)31-17-19-32(47-5)20-18-31/h6-11,13-21,23,27-28,33,35H,12,24-26,51H2,1-5H3,(H,41,45,46). The van der Waals surface area contributed by atoms with E-state index in [0.717, 1.165) is 22.4 Å². The van der Waals surface area contributed by atoms with Crippen LogP contribution in [0.15, 0.2) is 107 Å². The summed E-state index contributed by atoms with van der Waals surface area (Å²) in [5.74, 6) is -0.792. The largest absolute Gasteiger partial charge is 0.497 e. The number of nitrogens with one attached hydrogen (secondary N) is 1. The summed E-state index contributed by atoms with van der Waals surface area (Å²) in [6.45, 7) is 8.61. The molecule has 0 radical (unpaired) electrons. The lowest BCUT2D eigenvalue weighted by molar-refractivity contribution is -0.357. The van der Waals surface area contributed by atoms with E-state index in [4.69, 9.17) is 18.7 Å². The molecule has 0 spiro atoms. The van der Waals surface area contributed by atoms with E-state index in [2.05, 4.69) is 94.4 Å². The first kappa shape index (κ1) is 36.6. The van der Waals surface area contributed by atoms with Gasteiger partial charge in [-0.25, -0.2) is 9.69 Å². The predicted octanol–water partition coefficient (Wildman–Crippen LogP) is 5.17. The van der Waals surface area contributed by atoms with Crippen LogP contribution >= 0.6 is 9.47 Å². The average molecular weight is 712 g/mol. The molecule has 2 aliphatic rings. The highest BCUT2D eigenvalue weighted by molar-refractivity contribution is 7.09. The molecule has 2 aliphatic heterocycles. The highest BCUT2D eigenvalue weighted by atomic mass is 31.0. The molecule has 0 amide bonds. The minimum atomic E-state index is -1.51. The van der Waals surface area contributed by atoms with E-state index >= 15 is 0 Å². The molecule has 0 saturated carbocycles. The van der Waals surface area contributed by atoms with Gasteiger partial charge in [0.1, 0.15) is 11.9 Å². The Hall–Kier alpha value is -4.14. The zero-order valence-corrected chi connectivity index (χ0v) is 30.8. The number of aromatic nitrogens is 2. The smallest absolute Gasteiger partial charge is 0.330 e. The number of fused-ring (bicyclic) bond motifs is 2. The van der Waals surface area contributed by atoms with Crippen LogP contribution in [-0.4, -0.2) is 69.8 Å². The number of methoxy groups -OCH3 is 1. The van der Waals surface area contributed by atoms with E-state index in [1.807, 2.05) is 48.5 Å². The van der Waals surface area contributed by atoms with Crippen molar-refractivity contribution in [1.29, 1.82) is 5.26 Å². The summed E-state index contributed by atoms with van der Waals surface area (Å²) in [6, 6.07) is 31.6. The zero-order valence-electron chi connectivity index (χ0n) is 29.7. The van der Waals surface area contributed by atoms with Crippen LogP contribution in [0.4, 0.5) is 0 Å². The van der Waals surface area contributed by atoms with Gasteiger partial charge in [-0.3, -0.25) is 19.2 Å². The molecule has 6 rings (SSSR count). The van der Waals surface area contributed by atoms with Gasteiger partial charge in [-0.2, -0.15) is 5.26 Å². The van der Waals surface area contributed by atoms with E-state index in [0.29, 0.717) is 6.42 Å². The molecular formula is C39H46N5O6P. The second kappa shape index (κ2) is 14.8. The third-order valence-corrected chi connectivity index (χ3v) is 10.5. The van der Waals surface area contributed by atoms with Gasteiger partial charge < -0.3 is 18.7 Å². The molecule has 2 bridgehead atoms. The second-order valence-corrected chi connectivity index (χ2v) is 13.9. The molecule has 3 aromatic carbocycles. The number of likely N-dealkylation sites (tertiary alicyclic amines) is 1. The molecular weight excluding hydrogens is 665 g/mol. The molecule has 2 fully saturated rings. The Morgan fingerprint density at radius 2 is 1.55 bits per heavy atom. The molecule has 268 valence electrons. The molecule has 1 aromatic heterocycles. The number of benzene rings is 3. The number of nitrogens with zero attached hydrogens (tertiary/aromatic N) is 4. The van der Waals surface area contributed by atoms with Crippen LogP contribution in [0.1, 0.15) is 57.2 Å². The van der Waals surface area contributed by atoms with Gasteiger partial charge in [0, 0.05) is 52.8 Å².